The first-order chi connectivity index (χ1) is 12.5. The van der Waals surface area contributed by atoms with Gasteiger partial charge in [-0.25, -0.2) is 0 Å². The van der Waals surface area contributed by atoms with Crippen LogP contribution in [0.2, 0.25) is 0 Å². The van der Waals surface area contributed by atoms with Crippen molar-refractivity contribution >= 4 is 17.5 Å². The predicted molar refractivity (Wildman–Crippen MR) is 104 cm³/mol. The van der Waals surface area contributed by atoms with E-state index >= 15 is 0 Å². The highest BCUT2D eigenvalue weighted by Gasteiger charge is 2.13. The lowest BCUT2D eigenvalue weighted by Gasteiger charge is -2.12. The van der Waals surface area contributed by atoms with E-state index in [1.54, 1.807) is 31.4 Å². The van der Waals surface area contributed by atoms with Gasteiger partial charge >= 0.3 is 0 Å². The highest BCUT2D eigenvalue weighted by molar-refractivity contribution is 6.04. The summed E-state index contributed by atoms with van der Waals surface area (Å²) in [5.74, 6) is -0.345. The third kappa shape index (κ3) is 5.70. The fourth-order valence-corrected chi connectivity index (χ4v) is 2.66. The number of benzene rings is 2. The molecule has 2 aromatic rings. The largest absolute Gasteiger partial charge is 0.385 e. The zero-order valence-electron chi connectivity index (χ0n) is 15.6. The zero-order chi connectivity index (χ0) is 18.9. The Labute approximate surface area is 154 Å². The molecule has 5 heteroatoms. The summed E-state index contributed by atoms with van der Waals surface area (Å²) in [7, 11) is 1.63. The van der Waals surface area contributed by atoms with E-state index in [2.05, 4.69) is 10.6 Å². The van der Waals surface area contributed by atoms with E-state index in [4.69, 9.17) is 4.74 Å². The van der Waals surface area contributed by atoms with Crippen molar-refractivity contribution in [3.8, 4) is 0 Å². The van der Waals surface area contributed by atoms with E-state index in [0.717, 1.165) is 23.1 Å². The summed E-state index contributed by atoms with van der Waals surface area (Å²) < 4.78 is 4.97. The molecule has 2 aromatic carbocycles. The van der Waals surface area contributed by atoms with Crippen molar-refractivity contribution in [2.24, 2.45) is 0 Å². The number of methoxy groups -OCH3 is 1. The second kappa shape index (κ2) is 9.73. The van der Waals surface area contributed by atoms with Crippen LogP contribution in [0.25, 0.3) is 0 Å². The Morgan fingerprint density at radius 1 is 1.08 bits per heavy atom. The molecule has 2 amide bonds. The highest BCUT2D eigenvalue weighted by Crippen LogP contribution is 2.17. The molecule has 0 bridgehead atoms. The van der Waals surface area contributed by atoms with Gasteiger partial charge in [0.15, 0.2) is 0 Å². The average Bonchev–Trinajstić information content (AvgIpc) is 2.62. The molecule has 0 spiro atoms. The van der Waals surface area contributed by atoms with Gasteiger partial charge in [-0.05, 0) is 43.5 Å². The summed E-state index contributed by atoms with van der Waals surface area (Å²) in [6.07, 6.45) is 1.01. The van der Waals surface area contributed by atoms with Crippen LogP contribution >= 0.6 is 0 Å². The molecule has 0 saturated heterocycles. The summed E-state index contributed by atoms with van der Waals surface area (Å²) in [5.41, 5.74) is 4.17. The van der Waals surface area contributed by atoms with Gasteiger partial charge in [-0.3, -0.25) is 9.59 Å². The number of anilines is 1. The van der Waals surface area contributed by atoms with E-state index in [-0.39, 0.29) is 18.2 Å². The van der Waals surface area contributed by atoms with Gasteiger partial charge in [0.1, 0.15) is 0 Å². The number of carbonyl (C=O) groups is 2. The number of aryl methyl sites for hydroxylation is 2. The number of hydrogen-bond donors (Lipinski definition) is 2. The van der Waals surface area contributed by atoms with Crippen molar-refractivity contribution in [1.82, 2.24) is 5.32 Å². The normalized spacial score (nSPS) is 10.4. The van der Waals surface area contributed by atoms with Crippen molar-refractivity contribution in [2.75, 3.05) is 25.6 Å². The zero-order valence-corrected chi connectivity index (χ0v) is 15.6. The molecule has 0 saturated carbocycles. The van der Waals surface area contributed by atoms with E-state index in [0.29, 0.717) is 24.4 Å². The molecule has 0 aliphatic carbocycles. The van der Waals surface area contributed by atoms with Gasteiger partial charge in [-0.2, -0.15) is 0 Å². The second-order valence-electron chi connectivity index (χ2n) is 6.30. The second-order valence-corrected chi connectivity index (χ2v) is 6.30. The SMILES string of the molecule is COCCCNC(=O)c1ccccc1NC(=O)Cc1cc(C)ccc1C. The van der Waals surface area contributed by atoms with Gasteiger partial charge in [0.25, 0.3) is 5.91 Å². The summed E-state index contributed by atoms with van der Waals surface area (Å²) in [6.45, 7) is 5.11. The lowest BCUT2D eigenvalue weighted by molar-refractivity contribution is -0.115. The monoisotopic (exact) mass is 354 g/mol. The molecule has 0 aromatic heterocycles. The van der Waals surface area contributed by atoms with Gasteiger partial charge in [0, 0.05) is 20.3 Å². The fraction of sp³-hybridized carbons (Fsp3) is 0.333. The molecular weight excluding hydrogens is 328 g/mol. The molecule has 0 aliphatic rings. The predicted octanol–water partition coefficient (Wildman–Crippen LogP) is 3.25. The van der Waals surface area contributed by atoms with Crippen LogP contribution in [0.5, 0.6) is 0 Å². The van der Waals surface area contributed by atoms with Crippen molar-refractivity contribution < 1.29 is 14.3 Å². The smallest absolute Gasteiger partial charge is 0.253 e. The molecule has 138 valence electrons. The Morgan fingerprint density at radius 3 is 2.62 bits per heavy atom. The van der Waals surface area contributed by atoms with Gasteiger partial charge in [-0.1, -0.05) is 35.9 Å². The number of hydrogen-bond acceptors (Lipinski definition) is 3. The molecule has 0 atom stereocenters. The van der Waals surface area contributed by atoms with Crippen molar-refractivity contribution in [2.45, 2.75) is 26.7 Å². The number of nitrogens with one attached hydrogen (secondary N) is 2. The van der Waals surface area contributed by atoms with Gasteiger partial charge in [0.05, 0.1) is 17.7 Å². The average molecular weight is 354 g/mol. The minimum atomic E-state index is -0.205. The Hall–Kier alpha value is -2.66. The first-order valence-corrected chi connectivity index (χ1v) is 8.73. The van der Waals surface area contributed by atoms with E-state index in [9.17, 15) is 9.59 Å². The first-order valence-electron chi connectivity index (χ1n) is 8.73. The Balaban J connectivity index is 2.03. The maximum absolute atomic E-state index is 12.5. The number of ether oxygens (including phenoxy) is 1. The third-order valence-corrected chi connectivity index (χ3v) is 4.11. The van der Waals surface area contributed by atoms with Crippen LogP contribution in [0.15, 0.2) is 42.5 Å². The lowest BCUT2D eigenvalue weighted by Crippen LogP contribution is -2.27. The summed E-state index contributed by atoms with van der Waals surface area (Å²) in [5, 5.41) is 5.71. The molecule has 0 aliphatic heterocycles. The maximum atomic E-state index is 12.5. The van der Waals surface area contributed by atoms with Crippen LogP contribution in [0.1, 0.15) is 33.5 Å². The minimum Gasteiger partial charge on any atom is -0.385 e. The summed E-state index contributed by atoms with van der Waals surface area (Å²) in [6, 6.07) is 13.1. The van der Waals surface area contributed by atoms with E-state index < -0.39 is 0 Å². The molecule has 0 unspecified atom stereocenters. The Kier molecular flexibility index (Phi) is 7.36. The number of para-hydroxylation sites is 1. The summed E-state index contributed by atoms with van der Waals surface area (Å²) >= 11 is 0. The molecule has 0 fully saturated rings. The number of carbonyl (C=O) groups excluding carboxylic acids is 2. The van der Waals surface area contributed by atoms with Crippen LogP contribution in [-0.4, -0.2) is 32.1 Å². The Morgan fingerprint density at radius 2 is 1.85 bits per heavy atom. The van der Waals surface area contributed by atoms with Crippen LogP contribution in [0.4, 0.5) is 5.69 Å². The van der Waals surface area contributed by atoms with E-state index in [1.165, 1.54) is 0 Å². The Bertz CT molecular complexity index is 772. The van der Waals surface area contributed by atoms with Gasteiger partial charge in [0.2, 0.25) is 5.91 Å². The van der Waals surface area contributed by atoms with Crippen molar-refractivity contribution in [3.63, 3.8) is 0 Å². The highest BCUT2D eigenvalue weighted by atomic mass is 16.5. The molecule has 0 heterocycles. The van der Waals surface area contributed by atoms with Gasteiger partial charge < -0.3 is 15.4 Å². The van der Waals surface area contributed by atoms with Crippen LogP contribution in [-0.2, 0) is 16.0 Å². The molecule has 5 nitrogen and oxygen atoms in total. The van der Waals surface area contributed by atoms with Crippen molar-refractivity contribution in [1.29, 1.82) is 0 Å². The minimum absolute atomic E-state index is 0.140. The number of rotatable bonds is 8. The quantitative estimate of drug-likeness (QED) is 0.715. The molecule has 2 rings (SSSR count). The van der Waals surface area contributed by atoms with Crippen molar-refractivity contribution in [3.05, 3.63) is 64.7 Å². The van der Waals surface area contributed by atoms with E-state index in [1.807, 2.05) is 32.0 Å². The van der Waals surface area contributed by atoms with Crippen LogP contribution in [0.3, 0.4) is 0 Å². The fourth-order valence-electron chi connectivity index (χ4n) is 2.66. The number of amides is 2. The standard InChI is InChI=1S/C21H26N2O3/c1-15-9-10-16(2)17(13-15)14-20(24)23-19-8-5-4-7-18(19)21(25)22-11-6-12-26-3/h4-5,7-10,13H,6,11-12,14H2,1-3H3,(H,22,25)(H,23,24). The topological polar surface area (TPSA) is 67.4 Å². The molecular formula is C21H26N2O3. The van der Waals surface area contributed by atoms with Gasteiger partial charge in [-0.15, -0.1) is 0 Å². The van der Waals surface area contributed by atoms with Crippen LogP contribution < -0.4 is 10.6 Å². The maximum Gasteiger partial charge on any atom is 0.253 e. The molecule has 2 N–H and O–H groups in total. The first kappa shape index (κ1) is 19.7. The molecule has 0 radical (unpaired) electrons. The summed E-state index contributed by atoms with van der Waals surface area (Å²) in [4.78, 5) is 24.8. The molecule has 26 heavy (non-hydrogen) atoms. The third-order valence-electron chi connectivity index (χ3n) is 4.11. The lowest BCUT2D eigenvalue weighted by atomic mass is 10.0. The van der Waals surface area contributed by atoms with Crippen LogP contribution in [0, 0.1) is 13.8 Å².